The van der Waals surface area contributed by atoms with Crippen LogP contribution in [0.2, 0.25) is 0 Å². The Morgan fingerprint density at radius 1 is 1.32 bits per heavy atom. The molecule has 0 aliphatic heterocycles. The van der Waals surface area contributed by atoms with Gasteiger partial charge in [-0.25, -0.2) is 4.98 Å². The van der Waals surface area contributed by atoms with Crippen molar-refractivity contribution < 1.29 is 0 Å². The van der Waals surface area contributed by atoms with Crippen LogP contribution in [0, 0.1) is 0 Å². The van der Waals surface area contributed by atoms with Crippen LogP contribution in [-0.4, -0.2) is 15.8 Å². The lowest BCUT2D eigenvalue weighted by atomic mass is 10.2. The van der Waals surface area contributed by atoms with Crippen LogP contribution >= 0.6 is 39.0 Å². The number of hydrogen-bond acceptors (Lipinski definition) is 4. The Morgan fingerprint density at radius 3 is 2.68 bits per heavy atom. The molecule has 0 spiro atoms. The lowest BCUT2D eigenvalue weighted by molar-refractivity contribution is 0.660. The molecule has 22 heavy (non-hydrogen) atoms. The summed E-state index contributed by atoms with van der Waals surface area (Å²) in [7, 11) is 0. The van der Waals surface area contributed by atoms with Crippen molar-refractivity contribution in [1.82, 2.24) is 9.55 Å². The fraction of sp³-hybridized carbons (Fsp3) is 0.250. The van der Waals surface area contributed by atoms with Crippen LogP contribution < -0.4 is 5.56 Å². The van der Waals surface area contributed by atoms with Gasteiger partial charge in [0.1, 0.15) is 4.83 Å². The maximum atomic E-state index is 12.8. The molecule has 0 N–H and O–H groups in total. The summed E-state index contributed by atoms with van der Waals surface area (Å²) in [6.07, 6.45) is 2.89. The standard InChI is InChI=1S/C16H15BrN2OS2/c1-3-12-8-13-14(22-12)18-16(21-2)19(15(13)20)9-10-4-6-11(17)7-5-10/h4-8H,3,9H2,1-2H3. The second kappa shape index (κ2) is 6.56. The summed E-state index contributed by atoms with van der Waals surface area (Å²) < 4.78 is 2.80. The van der Waals surface area contributed by atoms with Gasteiger partial charge in [-0.05, 0) is 36.4 Å². The number of aromatic nitrogens is 2. The molecule has 0 saturated heterocycles. The number of benzene rings is 1. The first-order chi connectivity index (χ1) is 10.6. The van der Waals surface area contributed by atoms with Crippen molar-refractivity contribution in [2.75, 3.05) is 6.26 Å². The second-order valence-corrected chi connectivity index (χ2v) is 7.71. The van der Waals surface area contributed by atoms with Crippen LogP contribution in [-0.2, 0) is 13.0 Å². The van der Waals surface area contributed by atoms with Gasteiger partial charge >= 0.3 is 0 Å². The number of thiophene rings is 1. The van der Waals surface area contributed by atoms with E-state index in [1.807, 2.05) is 36.6 Å². The highest BCUT2D eigenvalue weighted by Crippen LogP contribution is 2.24. The largest absolute Gasteiger partial charge is 0.283 e. The van der Waals surface area contributed by atoms with Gasteiger partial charge in [-0.1, -0.05) is 46.7 Å². The normalized spacial score (nSPS) is 11.2. The molecular formula is C16H15BrN2OS2. The van der Waals surface area contributed by atoms with Crippen LogP contribution in [0.3, 0.4) is 0 Å². The number of nitrogens with zero attached hydrogens (tertiary/aromatic N) is 2. The molecule has 2 aromatic heterocycles. The van der Waals surface area contributed by atoms with E-state index in [1.165, 1.54) is 16.6 Å². The molecule has 0 aliphatic carbocycles. The van der Waals surface area contributed by atoms with Gasteiger partial charge in [0.15, 0.2) is 5.16 Å². The molecule has 3 rings (SSSR count). The lowest BCUT2D eigenvalue weighted by Gasteiger charge is -2.10. The van der Waals surface area contributed by atoms with Gasteiger partial charge in [-0.3, -0.25) is 9.36 Å². The van der Waals surface area contributed by atoms with Gasteiger partial charge in [0.2, 0.25) is 0 Å². The monoisotopic (exact) mass is 394 g/mol. The van der Waals surface area contributed by atoms with Gasteiger partial charge in [-0.15, -0.1) is 11.3 Å². The Hall–Kier alpha value is -1.11. The SMILES string of the molecule is CCc1cc2c(=O)n(Cc3ccc(Br)cc3)c(SC)nc2s1. The van der Waals surface area contributed by atoms with E-state index in [9.17, 15) is 4.79 Å². The van der Waals surface area contributed by atoms with E-state index in [-0.39, 0.29) is 5.56 Å². The molecular weight excluding hydrogens is 380 g/mol. The number of thioether (sulfide) groups is 1. The van der Waals surface area contributed by atoms with Crippen molar-refractivity contribution in [3.05, 3.63) is 55.6 Å². The number of rotatable bonds is 4. The molecule has 0 bridgehead atoms. The third-order valence-electron chi connectivity index (χ3n) is 3.45. The molecule has 0 radical (unpaired) electrons. The average Bonchev–Trinajstić information content (AvgIpc) is 2.95. The van der Waals surface area contributed by atoms with Crippen molar-refractivity contribution in [2.24, 2.45) is 0 Å². The summed E-state index contributed by atoms with van der Waals surface area (Å²) in [5.74, 6) is 0. The van der Waals surface area contributed by atoms with Crippen LogP contribution in [0.4, 0.5) is 0 Å². The van der Waals surface area contributed by atoms with Crippen molar-refractivity contribution >= 4 is 49.2 Å². The van der Waals surface area contributed by atoms with Crippen molar-refractivity contribution in [3.63, 3.8) is 0 Å². The molecule has 0 aliphatic rings. The third-order valence-corrected chi connectivity index (χ3v) is 5.83. The quantitative estimate of drug-likeness (QED) is 0.480. The van der Waals surface area contributed by atoms with Gasteiger partial charge in [0.05, 0.1) is 11.9 Å². The Bertz CT molecular complexity index is 868. The van der Waals surface area contributed by atoms with Crippen LogP contribution in [0.15, 0.2) is 44.8 Å². The highest BCUT2D eigenvalue weighted by molar-refractivity contribution is 9.10. The van der Waals surface area contributed by atoms with Gasteiger partial charge in [-0.2, -0.15) is 0 Å². The summed E-state index contributed by atoms with van der Waals surface area (Å²) in [4.78, 5) is 19.5. The maximum Gasteiger partial charge on any atom is 0.263 e. The molecule has 1 aromatic carbocycles. The molecule has 0 saturated carbocycles. The van der Waals surface area contributed by atoms with Crippen molar-refractivity contribution in [1.29, 1.82) is 0 Å². The minimum atomic E-state index is 0.0493. The fourth-order valence-corrected chi connectivity index (χ4v) is 4.12. The minimum Gasteiger partial charge on any atom is -0.283 e. The molecule has 0 unspecified atom stereocenters. The van der Waals surface area contributed by atoms with Crippen LogP contribution in [0.5, 0.6) is 0 Å². The Kier molecular flexibility index (Phi) is 4.70. The van der Waals surface area contributed by atoms with Gasteiger partial charge in [0.25, 0.3) is 5.56 Å². The van der Waals surface area contributed by atoms with E-state index >= 15 is 0 Å². The first-order valence-electron chi connectivity index (χ1n) is 6.94. The highest BCUT2D eigenvalue weighted by Gasteiger charge is 2.13. The Balaban J connectivity index is 2.12. The Morgan fingerprint density at radius 2 is 2.05 bits per heavy atom. The van der Waals surface area contributed by atoms with Crippen LogP contribution in [0.25, 0.3) is 10.2 Å². The van der Waals surface area contributed by atoms with Gasteiger partial charge < -0.3 is 0 Å². The molecule has 114 valence electrons. The van der Waals surface area contributed by atoms with Crippen molar-refractivity contribution in [2.45, 2.75) is 25.0 Å². The van der Waals surface area contributed by atoms with E-state index < -0.39 is 0 Å². The second-order valence-electron chi connectivity index (χ2n) is 4.90. The number of fused-ring (bicyclic) bond motifs is 1. The zero-order valence-corrected chi connectivity index (χ0v) is 15.5. The molecule has 0 atom stereocenters. The number of halogens is 1. The van der Waals surface area contributed by atoms with E-state index in [2.05, 4.69) is 27.8 Å². The summed E-state index contributed by atoms with van der Waals surface area (Å²) in [6, 6.07) is 10.0. The van der Waals surface area contributed by atoms with E-state index in [4.69, 9.17) is 0 Å². The number of aryl methyl sites for hydroxylation is 1. The average molecular weight is 395 g/mol. The smallest absolute Gasteiger partial charge is 0.263 e. The molecule has 3 aromatic rings. The minimum absolute atomic E-state index is 0.0493. The first-order valence-corrected chi connectivity index (χ1v) is 9.77. The van der Waals surface area contributed by atoms with Gasteiger partial charge in [0, 0.05) is 9.35 Å². The summed E-state index contributed by atoms with van der Waals surface area (Å²) in [5.41, 5.74) is 1.14. The zero-order chi connectivity index (χ0) is 15.7. The Labute approximate surface area is 145 Å². The van der Waals surface area contributed by atoms with Crippen molar-refractivity contribution in [3.8, 4) is 0 Å². The van der Waals surface area contributed by atoms with E-state index in [1.54, 1.807) is 15.9 Å². The van der Waals surface area contributed by atoms with E-state index in [0.717, 1.165) is 31.8 Å². The summed E-state index contributed by atoms with van der Waals surface area (Å²) in [6.45, 7) is 2.64. The highest BCUT2D eigenvalue weighted by atomic mass is 79.9. The molecule has 6 heteroatoms. The fourth-order valence-electron chi connectivity index (χ4n) is 2.29. The lowest BCUT2D eigenvalue weighted by Crippen LogP contribution is -2.23. The molecule has 0 fully saturated rings. The van der Waals surface area contributed by atoms with E-state index in [0.29, 0.717) is 6.54 Å². The molecule has 2 heterocycles. The molecule has 3 nitrogen and oxygen atoms in total. The predicted molar refractivity (Wildman–Crippen MR) is 98.3 cm³/mol. The predicted octanol–water partition coefficient (Wildman–Crippen LogP) is 4.55. The first kappa shape index (κ1) is 15.8. The molecule has 0 amide bonds. The summed E-state index contributed by atoms with van der Waals surface area (Å²) in [5, 5.41) is 1.50. The summed E-state index contributed by atoms with van der Waals surface area (Å²) >= 11 is 6.56. The van der Waals surface area contributed by atoms with Crippen LogP contribution in [0.1, 0.15) is 17.4 Å². The number of hydrogen-bond donors (Lipinski definition) is 0. The third kappa shape index (κ3) is 3.00. The maximum absolute atomic E-state index is 12.8. The topological polar surface area (TPSA) is 34.9 Å². The zero-order valence-electron chi connectivity index (χ0n) is 12.3.